The summed E-state index contributed by atoms with van der Waals surface area (Å²) >= 11 is 13.1. The molecule has 7 heteroatoms. The van der Waals surface area contributed by atoms with Gasteiger partial charge in [0.1, 0.15) is 5.15 Å². The Bertz CT molecular complexity index is 717. The lowest BCUT2D eigenvalue weighted by Gasteiger charge is -2.14. The van der Waals surface area contributed by atoms with Gasteiger partial charge in [0.15, 0.2) is 0 Å². The smallest absolute Gasteiger partial charge is 0.297 e. The second kappa shape index (κ2) is 5.53. The van der Waals surface area contributed by atoms with Crippen molar-refractivity contribution in [1.82, 2.24) is 9.55 Å². The van der Waals surface area contributed by atoms with Gasteiger partial charge in [0, 0.05) is 4.88 Å². The van der Waals surface area contributed by atoms with Crippen molar-refractivity contribution in [3.8, 4) is 0 Å². The molecule has 0 aliphatic heterocycles. The Labute approximate surface area is 123 Å². The fourth-order valence-electron chi connectivity index (χ4n) is 1.90. The minimum atomic E-state index is -0.510. The third-order valence-corrected chi connectivity index (χ3v) is 4.65. The van der Waals surface area contributed by atoms with Crippen molar-refractivity contribution in [1.29, 1.82) is 0 Å². The minimum Gasteiger partial charge on any atom is -0.297 e. The van der Waals surface area contributed by atoms with E-state index in [2.05, 4.69) is 4.98 Å². The van der Waals surface area contributed by atoms with E-state index >= 15 is 0 Å². The van der Waals surface area contributed by atoms with Gasteiger partial charge in [0.25, 0.3) is 5.56 Å². The maximum Gasteiger partial charge on any atom is 0.330 e. The molecule has 0 saturated heterocycles. The molecule has 102 valence electrons. The quantitative estimate of drug-likeness (QED) is 0.884. The number of halogens is 2. The number of nitrogens with zero attached hydrogens (tertiary/aromatic N) is 1. The van der Waals surface area contributed by atoms with Gasteiger partial charge in [0.2, 0.25) is 0 Å². The average molecular weight is 319 g/mol. The Hall–Kier alpha value is -1.04. The molecule has 0 bridgehead atoms. The van der Waals surface area contributed by atoms with Crippen LogP contribution < -0.4 is 11.2 Å². The van der Waals surface area contributed by atoms with Crippen molar-refractivity contribution >= 4 is 34.5 Å². The standard InChI is InChI=1S/C12H12Cl2N2O2S/c1-3-7-10(14)15-12(18)16(11(7)17)6(2)8-4-5-9(13)19-8/h4-6H,3H2,1-2H3,(H,15,18). The first-order valence-corrected chi connectivity index (χ1v) is 7.31. The van der Waals surface area contributed by atoms with Crippen LogP contribution in [-0.2, 0) is 6.42 Å². The Balaban J connectivity index is 2.63. The topological polar surface area (TPSA) is 54.9 Å². The van der Waals surface area contributed by atoms with Gasteiger partial charge in [-0.15, -0.1) is 11.3 Å². The summed E-state index contributed by atoms with van der Waals surface area (Å²) in [5, 5.41) is 0.116. The van der Waals surface area contributed by atoms with E-state index in [-0.39, 0.29) is 16.8 Å². The van der Waals surface area contributed by atoms with Crippen molar-refractivity contribution in [2.45, 2.75) is 26.3 Å². The average Bonchev–Trinajstić information content (AvgIpc) is 2.75. The Morgan fingerprint density at radius 2 is 2.05 bits per heavy atom. The Kier molecular flexibility index (Phi) is 4.18. The van der Waals surface area contributed by atoms with Crippen LogP contribution in [0.3, 0.4) is 0 Å². The third kappa shape index (κ3) is 2.63. The van der Waals surface area contributed by atoms with Crippen LogP contribution in [0.2, 0.25) is 9.49 Å². The van der Waals surface area contributed by atoms with Gasteiger partial charge in [-0.2, -0.15) is 0 Å². The predicted molar refractivity (Wildman–Crippen MR) is 78.9 cm³/mol. The highest BCUT2D eigenvalue weighted by molar-refractivity contribution is 7.16. The first-order chi connectivity index (χ1) is 8.95. The summed E-state index contributed by atoms with van der Waals surface area (Å²) in [7, 11) is 0. The van der Waals surface area contributed by atoms with E-state index in [1.165, 1.54) is 15.9 Å². The van der Waals surface area contributed by atoms with Crippen LogP contribution in [0, 0.1) is 0 Å². The lowest BCUT2D eigenvalue weighted by molar-refractivity contribution is 0.580. The molecule has 2 aromatic heterocycles. The first-order valence-electron chi connectivity index (χ1n) is 5.74. The Morgan fingerprint density at radius 1 is 1.37 bits per heavy atom. The second-order valence-corrected chi connectivity index (χ2v) is 6.19. The van der Waals surface area contributed by atoms with Gasteiger partial charge in [-0.1, -0.05) is 30.1 Å². The van der Waals surface area contributed by atoms with Gasteiger partial charge in [-0.3, -0.25) is 14.3 Å². The lowest BCUT2D eigenvalue weighted by atomic mass is 10.2. The number of hydrogen-bond acceptors (Lipinski definition) is 3. The van der Waals surface area contributed by atoms with Crippen molar-refractivity contribution in [3.63, 3.8) is 0 Å². The van der Waals surface area contributed by atoms with Gasteiger partial charge in [0.05, 0.1) is 15.9 Å². The van der Waals surface area contributed by atoms with E-state index in [4.69, 9.17) is 23.2 Å². The zero-order valence-electron chi connectivity index (χ0n) is 10.4. The number of H-pyrrole nitrogens is 1. The molecule has 2 rings (SSSR count). The highest BCUT2D eigenvalue weighted by atomic mass is 35.5. The number of hydrogen-bond donors (Lipinski definition) is 1. The SMILES string of the molecule is CCc1c(Cl)[nH]c(=O)n(C(C)c2ccc(Cl)s2)c1=O. The van der Waals surface area contributed by atoms with E-state index in [0.717, 1.165) is 4.88 Å². The summed E-state index contributed by atoms with van der Waals surface area (Å²) in [5.41, 5.74) is -0.451. The predicted octanol–water partition coefficient (Wildman–Crippen LogP) is 3.08. The maximum atomic E-state index is 12.3. The molecular formula is C12H12Cl2N2O2S. The third-order valence-electron chi connectivity index (χ3n) is 2.92. The fraction of sp³-hybridized carbons (Fsp3) is 0.333. The molecule has 0 aromatic carbocycles. The second-order valence-electron chi connectivity index (χ2n) is 4.07. The Morgan fingerprint density at radius 3 is 2.58 bits per heavy atom. The molecule has 1 unspecified atom stereocenters. The lowest BCUT2D eigenvalue weighted by Crippen LogP contribution is -2.39. The molecule has 0 radical (unpaired) electrons. The van der Waals surface area contributed by atoms with E-state index < -0.39 is 5.69 Å². The fourth-order valence-corrected chi connectivity index (χ4v) is 3.30. The van der Waals surface area contributed by atoms with Crippen molar-refractivity contribution < 1.29 is 0 Å². The zero-order valence-corrected chi connectivity index (χ0v) is 12.7. The van der Waals surface area contributed by atoms with Gasteiger partial charge >= 0.3 is 5.69 Å². The molecular weight excluding hydrogens is 307 g/mol. The van der Waals surface area contributed by atoms with Crippen molar-refractivity contribution in [3.05, 3.63) is 52.9 Å². The van der Waals surface area contributed by atoms with Gasteiger partial charge in [-0.25, -0.2) is 4.79 Å². The normalized spacial score (nSPS) is 12.6. The minimum absolute atomic E-state index is 0.116. The number of aromatic amines is 1. The monoisotopic (exact) mass is 318 g/mol. The molecule has 1 atom stereocenters. The number of nitrogens with one attached hydrogen (secondary N) is 1. The maximum absolute atomic E-state index is 12.3. The molecule has 0 fully saturated rings. The molecule has 1 N–H and O–H groups in total. The van der Waals surface area contributed by atoms with Crippen molar-refractivity contribution in [2.75, 3.05) is 0 Å². The van der Waals surface area contributed by atoms with E-state index in [1.54, 1.807) is 13.0 Å². The summed E-state index contributed by atoms with van der Waals surface area (Å²) < 4.78 is 1.79. The first kappa shape index (κ1) is 14.4. The molecule has 0 spiro atoms. The van der Waals surface area contributed by atoms with E-state index in [9.17, 15) is 9.59 Å². The summed E-state index contributed by atoms with van der Waals surface area (Å²) in [6, 6.07) is 3.17. The van der Waals surface area contributed by atoms with Crippen LogP contribution in [0.5, 0.6) is 0 Å². The molecule has 0 aliphatic carbocycles. The molecule has 4 nitrogen and oxygen atoms in total. The van der Waals surface area contributed by atoms with Gasteiger partial charge in [-0.05, 0) is 25.5 Å². The van der Waals surface area contributed by atoms with Crippen LogP contribution in [0.15, 0.2) is 21.7 Å². The zero-order chi connectivity index (χ0) is 14.2. The van der Waals surface area contributed by atoms with Crippen molar-refractivity contribution in [2.24, 2.45) is 0 Å². The molecule has 0 amide bonds. The van der Waals surface area contributed by atoms with Crippen LogP contribution in [0.1, 0.15) is 30.3 Å². The molecule has 2 aromatic rings. The summed E-state index contributed by atoms with van der Waals surface area (Å²) in [6.45, 7) is 3.60. The summed E-state index contributed by atoms with van der Waals surface area (Å²) in [5.74, 6) is 0. The molecule has 2 heterocycles. The van der Waals surface area contributed by atoms with Crippen LogP contribution in [0.25, 0.3) is 0 Å². The highest BCUT2D eigenvalue weighted by Gasteiger charge is 2.18. The number of rotatable bonds is 3. The van der Waals surface area contributed by atoms with Crippen LogP contribution in [-0.4, -0.2) is 9.55 Å². The van der Waals surface area contributed by atoms with Crippen LogP contribution >= 0.6 is 34.5 Å². The molecule has 19 heavy (non-hydrogen) atoms. The number of thiophene rings is 1. The van der Waals surface area contributed by atoms with Crippen LogP contribution in [0.4, 0.5) is 0 Å². The largest absolute Gasteiger partial charge is 0.330 e. The van der Waals surface area contributed by atoms with E-state index in [1.807, 2.05) is 13.0 Å². The van der Waals surface area contributed by atoms with E-state index in [0.29, 0.717) is 16.3 Å². The molecule has 0 aliphatic rings. The summed E-state index contributed by atoms with van der Waals surface area (Å²) in [6.07, 6.45) is 0.465. The highest BCUT2D eigenvalue weighted by Crippen LogP contribution is 2.27. The van der Waals surface area contributed by atoms with Gasteiger partial charge < -0.3 is 0 Å². The summed E-state index contributed by atoms with van der Waals surface area (Å²) in [4.78, 5) is 27.6. The molecule has 0 saturated carbocycles. The number of aromatic nitrogens is 2.